The molecule has 0 aromatic rings. The van der Waals surface area contributed by atoms with Crippen LogP contribution in [0.15, 0.2) is 0 Å². The summed E-state index contributed by atoms with van der Waals surface area (Å²) >= 11 is -3.41. The average Bonchev–Trinajstić information content (AvgIpc) is 1.61. The second-order valence-electron chi connectivity index (χ2n) is 0.905. The van der Waals surface area contributed by atoms with Crippen LogP contribution in [0.1, 0.15) is 0 Å². The van der Waals surface area contributed by atoms with Crippen molar-refractivity contribution in [2.24, 2.45) is 0 Å². The third kappa shape index (κ3) is 5.75. The topological polar surface area (TPSA) is 83.8 Å². The summed E-state index contributed by atoms with van der Waals surface area (Å²) in [5.41, 5.74) is 0. The van der Waals surface area contributed by atoms with Crippen molar-refractivity contribution in [3.8, 4) is 0 Å². The van der Waals surface area contributed by atoms with E-state index in [9.17, 15) is 8.53 Å². The summed E-state index contributed by atoms with van der Waals surface area (Å²) in [5.74, 6) is -1.24. The van der Waals surface area contributed by atoms with Gasteiger partial charge < -0.3 is 0 Å². The standard InChI is InChI=1S/C2H4AsO5/c4-2(5)1-8-3(6)7/h1H2,(H,4,5)(H,6,7). The van der Waals surface area contributed by atoms with Gasteiger partial charge in [0, 0.05) is 0 Å². The van der Waals surface area contributed by atoms with Crippen molar-refractivity contribution in [1.82, 2.24) is 0 Å². The summed E-state index contributed by atoms with van der Waals surface area (Å²) in [6.45, 7) is -0.694. The van der Waals surface area contributed by atoms with Crippen LogP contribution in [-0.4, -0.2) is 37.1 Å². The molecule has 0 aromatic carbocycles. The van der Waals surface area contributed by atoms with Crippen LogP contribution < -0.4 is 0 Å². The summed E-state index contributed by atoms with van der Waals surface area (Å²) in [4.78, 5) is 9.55. The van der Waals surface area contributed by atoms with Crippen molar-refractivity contribution < 1.29 is 21.5 Å². The van der Waals surface area contributed by atoms with E-state index >= 15 is 0 Å². The summed E-state index contributed by atoms with van der Waals surface area (Å²) in [5, 5.41) is 7.81. The molecule has 0 aliphatic rings. The molecule has 1 atom stereocenters. The molecule has 6 heteroatoms. The van der Waals surface area contributed by atoms with Gasteiger partial charge in [-0.3, -0.25) is 0 Å². The van der Waals surface area contributed by atoms with Gasteiger partial charge in [0.25, 0.3) is 0 Å². The number of aliphatic carboxylic acids is 1. The van der Waals surface area contributed by atoms with Gasteiger partial charge in [0.05, 0.1) is 0 Å². The van der Waals surface area contributed by atoms with Crippen molar-refractivity contribution in [3.05, 3.63) is 0 Å². The molecule has 5 nitrogen and oxygen atoms in total. The van der Waals surface area contributed by atoms with Gasteiger partial charge in [0.2, 0.25) is 0 Å². The monoisotopic (exact) mass is 183 g/mol. The van der Waals surface area contributed by atoms with Crippen LogP contribution in [0, 0.1) is 0 Å². The van der Waals surface area contributed by atoms with Gasteiger partial charge in [0.15, 0.2) is 0 Å². The molecule has 0 bridgehead atoms. The molecule has 47 valence electrons. The molecule has 0 rings (SSSR count). The van der Waals surface area contributed by atoms with E-state index in [1.165, 1.54) is 0 Å². The van der Waals surface area contributed by atoms with Crippen molar-refractivity contribution >= 4 is 21.2 Å². The predicted molar refractivity (Wildman–Crippen MR) is 22.2 cm³/mol. The molecule has 0 aliphatic heterocycles. The Morgan fingerprint density at radius 2 is 2.25 bits per heavy atom. The average molecular weight is 183 g/mol. The van der Waals surface area contributed by atoms with Crippen molar-refractivity contribution in [1.29, 1.82) is 0 Å². The van der Waals surface area contributed by atoms with Crippen LogP contribution in [0.25, 0.3) is 0 Å². The third-order valence-corrected chi connectivity index (χ3v) is 1.03. The first-order chi connectivity index (χ1) is 3.63. The van der Waals surface area contributed by atoms with E-state index in [4.69, 9.17) is 9.20 Å². The Kier molecular flexibility index (Phi) is 3.60. The van der Waals surface area contributed by atoms with Crippen molar-refractivity contribution in [2.45, 2.75) is 0 Å². The SMILES string of the molecule is O=C(O)CO[As](=O)O. The zero-order valence-electron chi connectivity index (χ0n) is 3.77. The first kappa shape index (κ1) is 7.75. The van der Waals surface area contributed by atoms with Crippen LogP contribution in [0.4, 0.5) is 0 Å². The Morgan fingerprint density at radius 1 is 1.75 bits per heavy atom. The Morgan fingerprint density at radius 3 is 2.38 bits per heavy atom. The Hall–Kier alpha value is -0.252. The van der Waals surface area contributed by atoms with Gasteiger partial charge in [-0.1, -0.05) is 0 Å². The van der Waals surface area contributed by atoms with Crippen LogP contribution in [-0.2, 0) is 12.3 Å². The van der Waals surface area contributed by atoms with Gasteiger partial charge in [-0.2, -0.15) is 0 Å². The first-order valence-corrected chi connectivity index (χ1v) is 4.01. The summed E-state index contributed by atoms with van der Waals surface area (Å²) in [7, 11) is 0. The second kappa shape index (κ2) is 3.71. The van der Waals surface area contributed by atoms with E-state index in [0.29, 0.717) is 0 Å². The normalized spacial score (nSPS) is 10.9. The van der Waals surface area contributed by atoms with E-state index in [0.717, 1.165) is 0 Å². The molecular weight excluding hydrogens is 179 g/mol. The van der Waals surface area contributed by atoms with Crippen LogP contribution in [0.3, 0.4) is 0 Å². The Balaban J connectivity index is 3.18. The van der Waals surface area contributed by atoms with Crippen LogP contribution >= 0.6 is 0 Å². The minimum atomic E-state index is -3.41. The van der Waals surface area contributed by atoms with Crippen LogP contribution in [0.5, 0.6) is 0 Å². The zero-order valence-corrected chi connectivity index (χ0v) is 5.65. The van der Waals surface area contributed by atoms with Crippen molar-refractivity contribution in [3.63, 3.8) is 0 Å². The summed E-state index contributed by atoms with van der Waals surface area (Å²) in [6.07, 6.45) is 0. The summed E-state index contributed by atoms with van der Waals surface area (Å²) in [6, 6.07) is 0. The third-order valence-electron chi connectivity index (χ3n) is 0.298. The fourth-order valence-electron chi connectivity index (χ4n) is 0.110. The van der Waals surface area contributed by atoms with Crippen molar-refractivity contribution in [2.75, 3.05) is 6.61 Å². The van der Waals surface area contributed by atoms with E-state index in [1.54, 1.807) is 0 Å². The molecule has 0 aromatic heterocycles. The summed E-state index contributed by atoms with van der Waals surface area (Å²) < 4.78 is 21.4. The molecule has 0 saturated heterocycles. The number of rotatable bonds is 3. The van der Waals surface area contributed by atoms with E-state index in [2.05, 4.69) is 3.73 Å². The molecule has 1 unspecified atom stereocenters. The minimum absolute atomic E-state index is 0.694. The van der Waals surface area contributed by atoms with Gasteiger partial charge in [-0.05, 0) is 0 Å². The second-order valence-corrected chi connectivity index (χ2v) is 2.44. The van der Waals surface area contributed by atoms with Crippen LogP contribution in [0.2, 0.25) is 0 Å². The molecule has 0 aliphatic carbocycles. The van der Waals surface area contributed by atoms with E-state index in [1.807, 2.05) is 0 Å². The van der Waals surface area contributed by atoms with E-state index in [-0.39, 0.29) is 0 Å². The molecule has 0 amide bonds. The Bertz CT molecular complexity index is 95.0. The maximum absolute atomic E-state index is 9.65. The number of hydrogen-bond donors (Lipinski definition) is 2. The zero-order chi connectivity index (χ0) is 6.57. The van der Waals surface area contributed by atoms with E-state index < -0.39 is 27.8 Å². The number of carboxylic acid groups (broad SMARTS) is 1. The quantitative estimate of drug-likeness (QED) is 0.520. The number of carboxylic acids is 1. The fraction of sp³-hybridized carbons (Fsp3) is 0.500. The molecule has 0 spiro atoms. The van der Waals surface area contributed by atoms with Gasteiger partial charge >= 0.3 is 49.3 Å². The molecule has 0 heterocycles. The number of hydrogen-bond acceptors (Lipinski definition) is 3. The predicted octanol–water partition coefficient (Wildman–Crippen LogP) is -1.50. The molecule has 1 radical (unpaired) electrons. The molecule has 0 fully saturated rings. The Labute approximate surface area is 50.1 Å². The van der Waals surface area contributed by atoms with Gasteiger partial charge in [0.1, 0.15) is 0 Å². The molecule has 0 saturated carbocycles. The molecule has 2 N–H and O–H groups in total. The molecular formula is C2H4AsO5. The van der Waals surface area contributed by atoms with Gasteiger partial charge in [-0.15, -0.1) is 0 Å². The van der Waals surface area contributed by atoms with Gasteiger partial charge in [-0.25, -0.2) is 0 Å². The fourth-order valence-corrected chi connectivity index (χ4v) is 0.574. The first-order valence-electron chi connectivity index (χ1n) is 1.64. The molecule has 8 heavy (non-hydrogen) atoms. The number of carbonyl (C=O) groups is 1. The maximum atomic E-state index is 9.65.